The maximum absolute atomic E-state index is 10.8. The summed E-state index contributed by atoms with van der Waals surface area (Å²) in [5.41, 5.74) is 0. The number of fused-ring (bicyclic) bond motifs is 2. The maximum Gasteiger partial charge on any atom is 0.303 e. The van der Waals surface area contributed by atoms with Crippen molar-refractivity contribution in [1.82, 2.24) is 4.90 Å². The number of carboxylic acids is 1. The highest BCUT2D eigenvalue weighted by Crippen LogP contribution is 2.47. The Morgan fingerprint density at radius 3 is 2.76 bits per heavy atom. The molecule has 1 N–H and O–H groups in total. The summed E-state index contributed by atoms with van der Waals surface area (Å²) in [6.07, 6.45) is 8.41. The molecule has 3 nitrogen and oxygen atoms in total. The molecule has 4 unspecified atom stereocenters. The van der Waals surface area contributed by atoms with Gasteiger partial charge in [-0.15, -0.1) is 0 Å². The highest BCUT2D eigenvalue weighted by molar-refractivity contribution is 5.67. The van der Waals surface area contributed by atoms with E-state index in [4.69, 9.17) is 5.11 Å². The number of carbonyl (C=O) groups is 1. The van der Waals surface area contributed by atoms with Gasteiger partial charge in [0.15, 0.2) is 0 Å². The predicted molar refractivity (Wildman–Crippen MR) is 65.8 cm³/mol. The molecule has 2 bridgehead atoms. The highest BCUT2D eigenvalue weighted by Gasteiger charge is 2.43. The standard InChI is InChI=1S/C14H23NO2/c16-14(17)8-11-2-1-5-15(9-11)13-7-10-3-4-12(13)6-10/h10-13H,1-9H2,(H,16,17). The molecule has 0 aromatic carbocycles. The van der Waals surface area contributed by atoms with Crippen molar-refractivity contribution >= 4 is 5.97 Å². The largest absolute Gasteiger partial charge is 0.481 e. The van der Waals surface area contributed by atoms with Crippen LogP contribution in [-0.4, -0.2) is 35.1 Å². The highest BCUT2D eigenvalue weighted by atomic mass is 16.4. The molecule has 2 aliphatic carbocycles. The lowest BCUT2D eigenvalue weighted by Gasteiger charge is -2.40. The molecule has 0 aromatic rings. The summed E-state index contributed by atoms with van der Waals surface area (Å²) < 4.78 is 0. The Morgan fingerprint density at radius 1 is 1.24 bits per heavy atom. The van der Waals surface area contributed by atoms with Crippen LogP contribution in [0.3, 0.4) is 0 Å². The lowest BCUT2D eigenvalue weighted by molar-refractivity contribution is -0.138. The summed E-state index contributed by atoms with van der Waals surface area (Å²) in [5, 5.41) is 8.90. The predicted octanol–water partition coefficient (Wildman–Crippen LogP) is 2.36. The molecule has 0 radical (unpaired) electrons. The van der Waals surface area contributed by atoms with Gasteiger partial charge in [0.2, 0.25) is 0 Å². The molecule has 0 spiro atoms. The molecule has 3 heteroatoms. The van der Waals surface area contributed by atoms with E-state index in [0.29, 0.717) is 12.3 Å². The van der Waals surface area contributed by atoms with Gasteiger partial charge in [-0.2, -0.15) is 0 Å². The van der Waals surface area contributed by atoms with Crippen LogP contribution in [0.15, 0.2) is 0 Å². The fraction of sp³-hybridized carbons (Fsp3) is 0.929. The zero-order valence-electron chi connectivity index (χ0n) is 10.5. The van der Waals surface area contributed by atoms with Gasteiger partial charge in [0.05, 0.1) is 0 Å². The smallest absolute Gasteiger partial charge is 0.303 e. The Balaban J connectivity index is 1.58. The van der Waals surface area contributed by atoms with Crippen molar-refractivity contribution in [2.75, 3.05) is 13.1 Å². The summed E-state index contributed by atoms with van der Waals surface area (Å²) in [6, 6.07) is 0.797. The summed E-state index contributed by atoms with van der Waals surface area (Å²) in [6.45, 7) is 2.25. The second-order valence-corrected chi connectivity index (χ2v) is 6.34. The molecule has 3 fully saturated rings. The lowest BCUT2D eigenvalue weighted by Crippen LogP contribution is -2.45. The van der Waals surface area contributed by atoms with E-state index in [1.807, 2.05) is 0 Å². The quantitative estimate of drug-likeness (QED) is 0.819. The lowest BCUT2D eigenvalue weighted by atomic mass is 9.89. The Labute approximate surface area is 103 Å². The van der Waals surface area contributed by atoms with Crippen LogP contribution in [0.5, 0.6) is 0 Å². The molecule has 1 heterocycles. The van der Waals surface area contributed by atoms with E-state index in [9.17, 15) is 4.79 Å². The Hall–Kier alpha value is -0.570. The fourth-order valence-electron chi connectivity index (χ4n) is 4.47. The van der Waals surface area contributed by atoms with Gasteiger partial charge in [0, 0.05) is 19.0 Å². The molecule has 17 heavy (non-hydrogen) atoms. The van der Waals surface area contributed by atoms with Gasteiger partial charge in [-0.3, -0.25) is 9.69 Å². The van der Waals surface area contributed by atoms with E-state index in [2.05, 4.69) is 4.90 Å². The number of piperidine rings is 1. The van der Waals surface area contributed by atoms with E-state index in [1.165, 1.54) is 38.6 Å². The van der Waals surface area contributed by atoms with Crippen molar-refractivity contribution in [3.63, 3.8) is 0 Å². The van der Waals surface area contributed by atoms with Crippen LogP contribution in [0.25, 0.3) is 0 Å². The summed E-state index contributed by atoms with van der Waals surface area (Å²) in [5.74, 6) is 1.71. The monoisotopic (exact) mass is 237 g/mol. The first-order chi connectivity index (χ1) is 8.22. The van der Waals surface area contributed by atoms with E-state index in [-0.39, 0.29) is 0 Å². The van der Waals surface area contributed by atoms with Crippen LogP contribution < -0.4 is 0 Å². The molecular formula is C14H23NO2. The zero-order chi connectivity index (χ0) is 11.8. The number of rotatable bonds is 3. The van der Waals surface area contributed by atoms with Gasteiger partial charge < -0.3 is 5.11 Å². The molecule has 3 rings (SSSR count). The number of hydrogen-bond acceptors (Lipinski definition) is 2. The van der Waals surface area contributed by atoms with Crippen molar-refractivity contribution in [3.05, 3.63) is 0 Å². The minimum Gasteiger partial charge on any atom is -0.481 e. The van der Waals surface area contributed by atoms with Gasteiger partial charge in [-0.1, -0.05) is 6.42 Å². The summed E-state index contributed by atoms with van der Waals surface area (Å²) in [4.78, 5) is 13.4. The van der Waals surface area contributed by atoms with Crippen LogP contribution >= 0.6 is 0 Å². The maximum atomic E-state index is 10.8. The number of likely N-dealkylation sites (tertiary alicyclic amines) is 1. The second-order valence-electron chi connectivity index (χ2n) is 6.34. The van der Waals surface area contributed by atoms with Crippen LogP contribution in [0.4, 0.5) is 0 Å². The SMILES string of the molecule is O=C(O)CC1CCCN(C2CC3CCC2C3)C1. The van der Waals surface area contributed by atoms with Crippen LogP contribution in [0.1, 0.15) is 44.9 Å². The second kappa shape index (κ2) is 4.60. The van der Waals surface area contributed by atoms with Crippen LogP contribution in [0, 0.1) is 17.8 Å². The average molecular weight is 237 g/mol. The molecule has 0 amide bonds. The van der Waals surface area contributed by atoms with Gasteiger partial charge in [0.1, 0.15) is 0 Å². The van der Waals surface area contributed by atoms with Crippen molar-refractivity contribution in [1.29, 1.82) is 0 Å². The molecule has 96 valence electrons. The Kier molecular flexibility index (Phi) is 3.12. The Bertz CT molecular complexity index is 305. The first kappa shape index (κ1) is 11.5. The third kappa shape index (κ3) is 2.35. The zero-order valence-corrected chi connectivity index (χ0v) is 10.5. The molecule has 4 atom stereocenters. The molecule has 3 aliphatic rings. The third-order valence-electron chi connectivity index (χ3n) is 5.18. The third-order valence-corrected chi connectivity index (χ3v) is 5.18. The molecule has 0 aromatic heterocycles. The van der Waals surface area contributed by atoms with Crippen LogP contribution in [0.2, 0.25) is 0 Å². The van der Waals surface area contributed by atoms with Gasteiger partial charge in [0.25, 0.3) is 0 Å². The normalized spacial score (nSPS) is 41.9. The number of aliphatic carboxylic acids is 1. The Morgan fingerprint density at radius 2 is 2.12 bits per heavy atom. The molecule has 2 saturated carbocycles. The summed E-state index contributed by atoms with van der Waals surface area (Å²) >= 11 is 0. The minimum absolute atomic E-state index is 0.372. The van der Waals surface area contributed by atoms with Crippen LogP contribution in [-0.2, 0) is 4.79 Å². The minimum atomic E-state index is -0.621. The van der Waals surface area contributed by atoms with Gasteiger partial charge in [-0.25, -0.2) is 0 Å². The van der Waals surface area contributed by atoms with E-state index < -0.39 is 5.97 Å². The van der Waals surface area contributed by atoms with Gasteiger partial charge in [-0.05, 0) is 56.4 Å². The van der Waals surface area contributed by atoms with Crippen molar-refractivity contribution in [2.24, 2.45) is 17.8 Å². The fourth-order valence-corrected chi connectivity index (χ4v) is 4.47. The number of hydrogen-bond donors (Lipinski definition) is 1. The van der Waals surface area contributed by atoms with E-state index >= 15 is 0 Å². The van der Waals surface area contributed by atoms with E-state index in [1.54, 1.807) is 0 Å². The topological polar surface area (TPSA) is 40.5 Å². The average Bonchev–Trinajstić information content (AvgIpc) is 2.90. The molecular weight excluding hydrogens is 214 g/mol. The van der Waals surface area contributed by atoms with Crippen molar-refractivity contribution in [2.45, 2.75) is 51.0 Å². The first-order valence-corrected chi connectivity index (χ1v) is 7.18. The van der Waals surface area contributed by atoms with Crippen molar-refractivity contribution in [3.8, 4) is 0 Å². The number of nitrogens with zero attached hydrogens (tertiary/aromatic N) is 1. The molecule has 1 aliphatic heterocycles. The van der Waals surface area contributed by atoms with E-state index in [0.717, 1.165) is 30.8 Å². The molecule has 1 saturated heterocycles. The number of carboxylic acid groups (broad SMARTS) is 1. The van der Waals surface area contributed by atoms with Crippen molar-refractivity contribution < 1.29 is 9.90 Å². The summed E-state index contributed by atoms with van der Waals surface area (Å²) in [7, 11) is 0. The van der Waals surface area contributed by atoms with Gasteiger partial charge >= 0.3 is 5.97 Å². The first-order valence-electron chi connectivity index (χ1n) is 7.18.